The van der Waals surface area contributed by atoms with Gasteiger partial charge in [-0.3, -0.25) is 9.36 Å². The Balaban J connectivity index is 2.11. The molecule has 0 amide bonds. The third-order valence-electron chi connectivity index (χ3n) is 3.59. The molecule has 1 fully saturated rings. The maximum atomic E-state index is 11.9. The van der Waals surface area contributed by atoms with Crippen molar-refractivity contribution in [1.29, 1.82) is 0 Å². The number of H-pyrrole nitrogens is 1. The summed E-state index contributed by atoms with van der Waals surface area (Å²) < 4.78 is 1.75. The Kier molecular flexibility index (Phi) is 2.67. The second kappa shape index (κ2) is 4.24. The van der Waals surface area contributed by atoms with Crippen molar-refractivity contribution >= 4 is 17.0 Å². The van der Waals surface area contributed by atoms with E-state index in [0.717, 1.165) is 18.4 Å². The van der Waals surface area contributed by atoms with E-state index >= 15 is 0 Å². The highest BCUT2D eigenvalue weighted by Crippen LogP contribution is 2.36. The fourth-order valence-corrected chi connectivity index (χ4v) is 2.44. The molecule has 100 valence electrons. The van der Waals surface area contributed by atoms with Crippen molar-refractivity contribution in [3.8, 4) is 0 Å². The molecule has 0 saturated heterocycles. The summed E-state index contributed by atoms with van der Waals surface area (Å²) in [6, 6.07) is 5.53. The Morgan fingerprint density at radius 3 is 2.84 bits per heavy atom. The van der Waals surface area contributed by atoms with Crippen LogP contribution in [0.4, 0.5) is 0 Å². The molecule has 0 radical (unpaired) electrons. The summed E-state index contributed by atoms with van der Waals surface area (Å²) in [6.07, 6.45) is 2.05. The van der Waals surface area contributed by atoms with Gasteiger partial charge < -0.3 is 15.8 Å². The number of imidazole rings is 1. The fraction of sp³-hybridized carbons (Fsp3) is 0.385. The molecule has 1 aliphatic carbocycles. The van der Waals surface area contributed by atoms with Gasteiger partial charge in [-0.2, -0.15) is 0 Å². The number of rotatable bonds is 4. The quantitative estimate of drug-likeness (QED) is 0.757. The van der Waals surface area contributed by atoms with Crippen molar-refractivity contribution in [2.45, 2.75) is 24.8 Å². The largest absolute Gasteiger partial charge is 0.481 e. The van der Waals surface area contributed by atoms with Gasteiger partial charge in [0, 0.05) is 12.6 Å². The van der Waals surface area contributed by atoms with E-state index in [4.69, 9.17) is 10.8 Å². The first-order valence-electron chi connectivity index (χ1n) is 6.29. The van der Waals surface area contributed by atoms with Crippen LogP contribution in [0.5, 0.6) is 0 Å². The first kappa shape index (κ1) is 12.0. The van der Waals surface area contributed by atoms with Crippen molar-refractivity contribution in [2.24, 2.45) is 5.73 Å². The first-order chi connectivity index (χ1) is 9.11. The number of fused-ring (bicyclic) bond motifs is 1. The normalized spacial score (nSPS) is 16.7. The Bertz CT molecular complexity index is 697. The second-order valence-corrected chi connectivity index (χ2v) is 4.93. The monoisotopic (exact) mass is 261 g/mol. The van der Waals surface area contributed by atoms with Crippen molar-refractivity contribution in [1.82, 2.24) is 9.55 Å². The number of hydrogen-bond donors (Lipinski definition) is 3. The third-order valence-corrected chi connectivity index (χ3v) is 3.59. The van der Waals surface area contributed by atoms with E-state index in [1.165, 1.54) is 0 Å². The van der Waals surface area contributed by atoms with Crippen molar-refractivity contribution in [3.05, 3.63) is 34.2 Å². The molecule has 1 saturated carbocycles. The lowest BCUT2D eigenvalue weighted by molar-refractivity contribution is -0.138. The molecule has 1 aromatic heterocycles. The zero-order valence-electron chi connectivity index (χ0n) is 10.3. The van der Waals surface area contributed by atoms with Crippen LogP contribution in [0, 0.1) is 0 Å². The van der Waals surface area contributed by atoms with Crippen LogP contribution >= 0.6 is 0 Å². The maximum absolute atomic E-state index is 11.9. The molecule has 0 aliphatic heterocycles. The Morgan fingerprint density at radius 1 is 1.53 bits per heavy atom. The van der Waals surface area contributed by atoms with E-state index in [2.05, 4.69) is 4.98 Å². The second-order valence-electron chi connectivity index (χ2n) is 4.93. The van der Waals surface area contributed by atoms with E-state index in [1.54, 1.807) is 22.8 Å². The lowest BCUT2D eigenvalue weighted by atomic mass is 9.99. The van der Waals surface area contributed by atoms with Crippen LogP contribution in [0.3, 0.4) is 0 Å². The summed E-state index contributed by atoms with van der Waals surface area (Å²) >= 11 is 0. The standard InChI is InChI=1S/C13H15N3O3/c14-6-9(12(17)18)7-1-4-11-10(5-7)15-13(19)16(11)8-2-3-8/h1,4-5,8-9H,2-3,6,14H2,(H,15,19)(H,17,18). The zero-order chi connectivity index (χ0) is 13.6. The van der Waals surface area contributed by atoms with E-state index < -0.39 is 11.9 Å². The molecule has 0 spiro atoms. The number of nitrogens with one attached hydrogen (secondary N) is 1. The predicted molar refractivity (Wildman–Crippen MR) is 70.3 cm³/mol. The minimum Gasteiger partial charge on any atom is -0.481 e. The average molecular weight is 261 g/mol. The minimum absolute atomic E-state index is 0.0361. The summed E-state index contributed by atoms with van der Waals surface area (Å²) in [6.45, 7) is 0.0361. The van der Waals surface area contributed by atoms with Crippen LogP contribution in [0.1, 0.15) is 30.4 Å². The van der Waals surface area contributed by atoms with Crippen LogP contribution in [0.2, 0.25) is 0 Å². The number of aromatic nitrogens is 2. The maximum Gasteiger partial charge on any atom is 0.326 e. The topological polar surface area (TPSA) is 101 Å². The van der Waals surface area contributed by atoms with Crippen molar-refractivity contribution in [2.75, 3.05) is 6.54 Å². The van der Waals surface area contributed by atoms with E-state index in [1.807, 2.05) is 0 Å². The van der Waals surface area contributed by atoms with Gasteiger partial charge in [0.15, 0.2) is 0 Å². The molecule has 1 aliphatic rings. The summed E-state index contributed by atoms with van der Waals surface area (Å²) in [4.78, 5) is 25.8. The number of nitrogens with two attached hydrogens (primary N) is 1. The van der Waals surface area contributed by atoms with E-state index in [9.17, 15) is 9.59 Å². The molecule has 19 heavy (non-hydrogen) atoms. The summed E-state index contributed by atoms with van der Waals surface area (Å²) in [5, 5.41) is 9.10. The zero-order valence-corrected chi connectivity index (χ0v) is 10.3. The van der Waals surface area contributed by atoms with E-state index in [-0.39, 0.29) is 18.3 Å². The predicted octanol–water partition coefficient (Wildman–Crippen LogP) is 0.791. The summed E-state index contributed by atoms with van der Waals surface area (Å²) in [7, 11) is 0. The van der Waals surface area contributed by atoms with Gasteiger partial charge >= 0.3 is 11.7 Å². The molecule has 1 unspecified atom stereocenters. The van der Waals surface area contributed by atoms with Gasteiger partial charge in [-0.25, -0.2) is 4.79 Å². The number of nitrogens with zero attached hydrogens (tertiary/aromatic N) is 1. The van der Waals surface area contributed by atoms with Gasteiger partial charge in [-0.05, 0) is 30.5 Å². The van der Waals surface area contributed by atoms with Gasteiger partial charge in [0.05, 0.1) is 17.0 Å². The lowest BCUT2D eigenvalue weighted by Gasteiger charge is -2.10. The number of benzene rings is 1. The summed E-state index contributed by atoms with van der Waals surface area (Å²) in [5.74, 6) is -1.69. The molecule has 6 nitrogen and oxygen atoms in total. The molecule has 0 bridgehead atoms. The molecule has 1 heterocycles. The Morgan fingerprint density at radius 2 is 2.26 bits per heavy atom. The molecule has 2 aromatic rings. The smallest absolute Gasteiger partial charge is 0.326 e. The third kappa shape index (κ3) is 1.94. The number of hydrogen-bond acceptors (Lipinski definition) is 3. The molecule has 3 rings (SSSR count). The van der Waals surface area contributed by atoms with Crippen LogP contribution in [0.25, 0.3) is 11.0 Å². The molecule has 6 heteroatoms. The summed E-state index contributed by atoms with van der Waals surface area (Å²) in [5.41, 5.74) is 7.48. The van der Waals surface area contributed by atoms with Crippen LogP contribution in [-0.2, 0) is 4.79 Å². The van der Waals surface area contributed by atoms with Gasteiger partial charge in [0.25, 0.3) is 0 Å². The lowest BCUT2D eigenvalue weighted by Crippen LogP contribution is -2.21. The Labute approximate surface area is 108 Å². The molecular weight excluding hydrogens is 246 g/mol. The number of aromatic amines is 1. The minimum atomic E-state index is -0.953. The van der Waals surface area contributed by atoms with E-state index in [0.29, 0.717) is 11.1 Å². The Hall–Kier alpha value is -2.08. The van der Waals surface area contributed by atoms with Gasteiger partial charge in [-0.1, -0.05) is 6.07 Å². The van der Waals surface area contributed by atoms with Crippen LogP contribution in [0.15, 0.2) is 23.0 Å². The number of carbonyl (C=O) groups is 1. The molecule has 1 atom stereocenters. The van der Waals surface area contributed by atoms with Gasteiger partial charge in [-0.15, -0.1) is 0 Å². The fourth-order valence-electron chi connectivity index (χ4n) is 2.44. The first-order valence-corrected chi connectivity index (χ1v) is 6.29. The van der Waals surface area contributed by atoms with Gasteiger partial charge in [0.1, 0.15) is 0 Å². The SMILES string of the molecule is NCC(C(=O)O)c1ccc2c(c1)[nH]c(=O)n2C1CC1. The number of aliphatic carboxylic acids is 1. The number of carboxylic acid groups (broad SMARTS) is 1. The van der Waals surface area contributed by atoms with Crippen molar-refractivity contribution in [3.63, 3.8) is 0 Å². The molecular formula is C13H15N3O3. The van der Waals surface area contributed by atoms with Gasteiger partial charge in [0.2, 0.25) is 0 Å². The van der Waals surface area contributed by atoms with Crippen molar-refractivity contribution < 1.29 is 9.90 Å². The highest BCUT2D eigenvalue weighted by Gasteiger charge is 2.27. The highest BCUT2D eigenvalue weighted by atomic mass is 16.4. The molecule has 4 N–H and O–H groups in total. The average Bonchev–Trinajstić information content (AvgIpc) is 3.12. The molecule has 1 aromatic carbocycles. The highest BCUT2D eigenvalue weighted by molar-refractivity contribution is 5.81. The van der Waals surface area contributed by atoms with Crippen LogP contribution < -0.4 is 11.4 Å². The van der Waals surface area contributed by atoms with Crippen LogP contribution in [-0.4, -0.2) is 27.2 Å². The number of carboxylic acids is 1.